The van der Waals surface area contributed by atoms with Crippen molar-refractivity contribution >= 4 is 23.2 Å². The number of hydrogen-bond donors (Lipinski definition) is 1. The molecule has 1 aromatic heterocycles. The molecule has 1 saturated carbocycles. The van der Waals surface area contributed by atoms with Crippen LogP contribution in [0.5, 0.6) is 0 Å². The Morgan fingerprint density at radius 2 is 1.86 bits per heavy atom. The molecule has 162 valence electrons. The molecule has 7 heteroatoms. The zero-order valence-electron chi connectivity index (χ0n) is 17.9. The summed E-state index contributed by atoms with van der Waals surface area (Å²) in [7, 11) is 0. The highest BCUT2D eigenvalue weighted by molar-refractivity contribution is 7.12. The van der Waals surface area contributed by atoms with Gasteiger partial charge in [0.15, 0.2) is 0 Å². The molecule has 1 saturated heterocycles. The summed E-state index contributed by atoms with van der Waals surface area (Å²) in [5, 5.41) is 5.16. The molecule has 2 heterocycles. The summed E-state index contributed by atoms with van der Waals surface area (Å²) in [6.07, 6.45) is 4.74. The summed E-state index contributed by atoms with van der Waals surface area (Å²) in [4.78, 5) is 33.2. The molecule has 0 radical (unpaired) electrons. The third-order valence-corrected chi connectivity index (χ3v) is 7.32. The van der Waals surface area contributed by atoms with Crippen LogP contribution in [0.1, 0.15) is 49.2 Å². The van der Waals surface area contributed by atoms with Gasteiger partial charge in [-0.2, -0.15) is 0 Å². The van der Waals surface area contributed by atoms with E-state index in [1.165, 1.54) is 24.2 Å². The number of thiophene rings is 1. The molecule has 1 aliphatic carbocycles. The van der Waals surface area contributed by atoms with Crippen LogP contribution >= 0.6 is 11.3 Å². The fourth-order valence-electron chi connectivity index (χ4n) is 4.69. The van der Waals surface area contributed by atoms with Gasteiger partial charge in [0.05, 0.1) is 10.9 Å². The minimum atomic E-state index is -0.0480. The molecule has 0 spiro atoms. The highest BCUT2D eigenvalue weighted by Crippen LogP contribution is 2.31. The lowest BCUT2D eigenvalue weighted by Gasteiger charge is -2.40. The monoisotopic (exact) mass is 420 g/mol. The van der Waals surface area contributed by atoms with Crippen LogP contribution in [0.3, 0.4) is 0 Å². The first-order valence-corrected chi connectivity index (χ1v) is 12.1. The first-order valence-electron chi connectivity index (χ1n) is 11.2. The van der Waals surface area contributed by atoms with Crippen molar-refractivity contribution in [3.8, 4) is 0 Å². The fourth-order valence-corrected chi connectivity index (χ4v) is 5.38. The van der Waals surface area contributed by atoms with Crippen molar-refractivity contribution < 1.29 is 9.59 Å². The Balaban J connectivity index is 1.56. The quantitative estimate of drug-likeness (QED) is 0.667. The maximum Gasteiger partial charge on any atom is 0.264 e. The SMILES string of the molecule is CCN(CC)CCNC(=O)C(C1CCCC1)N1CCN(C(=O)c2cccs2)CC1. The number of carbonyl (C=O) groups excluding carboxylic acids is 2. The van der Waals surface area contributed by atoms with Crippen molar-refractivity contribution in [2.24, 2.45) is 5.92 Å². The smallest absolute Gasteiger partial charge is 0.264 e. The molecule has 1 aromatic rings. The molecule has 1 unspecified atom stereocenters. The third-order valence-electron chi connectivity index (χ3n) is 6.46. The zero-order chi connectivity index (χ0) is 20.6. The van der Waals surface area contributed by atoms with E-state index in [0.29, 0.717) is 25.6 Å². The van der Waals surface area contributed by atoms with Gasteiger partial charge in [-0.1, -0.05) is 32.8 Å². The van der Waals surface area contributed by atoms with Crippen LogP contribution in [-0.4, -0.2) is 84.9 Å². The molecule has 3 rings (SSSR count). The van der Waals surface area contributed by atoms with Crippen molar-refractivity contribution in [1.82, 2.24) is 20.0 Å². The van der Waals surface area contributed by atoms with Crippen LogP contribution < -0.4 is 5.32 Å². The lowest BCUT2D eigenvalue weighted by Crippen LogP contribution is -2.58. The first kappa shape index (κ1) is 22.2. The Labute approximate surface area is 179 Å². The molecule has 1 atom stereocenters. The minimum absolute atomic E-state index is 0.0480. The Hall–Kier alpha value is -1.44. The Morgan fingerprint density at radius 3 is 2.45 bits per heavy atom. The van der Waals surface area contributed by atoms with Gasteiger partial charge in [-0.3, -0.25) is 14.5 Å². The zero-order valence-corrected chi connectivity index (χ0v) is 18.8. The Bertz CT molecular complexity index is 633. The van der Waals surface area contributed by atoms with Gasteiger partial charge in [-0.05, 0) is 43.3 Å². The average Bonchev–Trinajstić information content (AvgIpc) is 3.46. The maximum atomic E-state index is 13.1. The topological polar surface area (TPSA) is 55.9 Å². The van der Waals surface area contributed by atoms with Gasteiger partial charge < -0.3 is 15.1 Å². The van der Waals surface area contributed by atoms with Gasteiger partial charge >= 0.3 is 0 Å². The molecular weight excluding hydrogens is 384 g/mol. The molecule has 2 amide bonds. The van der Waals surface area contributed by atoms with Crippen LogP contribution in [0.15, 0.2) is 17.5 Å². The average molecular weight is 421 g/mol. The summed E-state index contributed by atoms with van der Waals surface area (Å²) in [5.74, 6) is 0.755. The number of hydrogen-bond acceptors (Lipinski definition) is 5. The van der Waals surface area contributed by atoms with Gasteiger partial charge in [0, 0.05) is 39.3 Å². The van der Waals surface area contributed by atoms with Crippen LogP contribution in [-0.2, 0) is 4.79 Å². The van der Waals surface area contributed by atoms with Crippen LogP contribution in [0.25, 0.3) is 0 Å². The van der Waals surface area contributed by atoms with Crippen molar-refractivity contribution in [1.29, 1.82) is 0 Å². The second-order valence-corrected chi connectivity index (χ2v) is 9.06. The molecule has 29 heavy (non-hydrogen) atoms. The third kappa shape index (κ3) is 5.80. The largest absolute Gasteiger partial charge is 0.353 e. The summed E-state index contributed by atoms with van der Waals surface area (Å²) in [5.41, 5.74) is 0. The predicted molar refractivity (Wildman–Crippen MR) is 118 cm³/mol. The number of carbonyl (C=O) groups is 2. The predicted octanol–water partition coefficient (Wildman–Crippen LogP) is 2.52. The number of amides is 2. The number of likely N-dealkylation sites (N-methyl/N-ethyl adjacent to an activating group) is 1. The van der Waals surface area contributed by atoms with Crippen molar-refractivity contribution in [2.45, 2.75) is 45.6 Å². The van der Waals surface area contributed by atoms with Crippen molar-refractivity contribution in [3.05, 3.63) is 22.4 Å². The fraction of sp³-hybridized carbons (Fsp3) is 0.727. The van der Waals surface area contributed by atoms with E-state index < -0.39 is 0 Å². The molecule has 1 aliphatic heterocycles. The van der Waals surface area contributed by atoms with Gasteiger partial charge in [-0.15, -0.1) is 11.3 Å². The minimum Gasteiger partial charge on any atom is -0.353 e. The van der Waals surface area contributed by atoms with E-state index >= 15 is 0 Å². The van der Waals surface area contributed by atoms with Gasteiger partial charge in [0.1, 0.15) is 0 Å². The number of nitrogens with one attached hydrogen (secondary N) is 1. The van der Waals surface area contributed by atoms with Gasteiger partial charge in [0.2, 0.25) is 5.91 Å². The lowest BCUT2D eigenvalue weighted by molar-refractivity contribution is -0.129. The van der Waals surface area contributed by atoms with E-state index in [1.807, 2.05) is 22.4 Å². The molecule has 6 nitrogen and oxygen atoms in total. The molecule has 2 aliphatic rings. The van der Waals surface area contributed by atoms with E-state index in [0.717, 1.165) is 50.4 Å². The summed E-state index contributed by atoms with van der Waals surface area (Å²) in [6.45, 7) is 10.9. The Kier molecular flexibility index (Phi) is 8.51. The van der Waals surface area contributed by atoms with Crippen molar-refractivity contribution in [3.63, 3.8) is 0 Å². The van der Waals surface area contributed by atoms with Crippen molar-refractivity contribution in [2.75, 3.05) is 52.4 Å². The summed E-state index contributed by atoms with van der Waals surface area (Å²) < 4.78 is 0. The second kappa shape index (κ2) is 11.1. The van der Waals surface area contributed by atoms with E-state index in [2.05, 4.69) is 29.0 Å². The number of rotatable bonds is 9. The second-order valence-electron chi connectivity index (χ2n) is 8.11. The Morgan fingerprint density at radius 1 is 1.17 bits per heavy atom. The van der Waals surface area contributed by atoms with Crippen LogP contribution in [0, 0.1) is 5.92 Å². The van der Waals surface area contributed by atoms with Gasteiger partial charge in [0.25, 0.3) is 5.91 Å². The van der Waals surface area contributed by atoms with E-state index in [-0.39, 0.29) is 17.9 Å². The lowest BCUT2D eigenvalue weighted by atomic mass is 9.95. The molecule has 1 N–H and O–H groups in total. The molecule has 2 fully saturated rings. The standard InChI is InChI=1S/C22H36N4O2S/c1-3-24(4-2)12-11-23-21(27)20(18-8-5-6-9-18)25-13-15-26(16-14-25)22(28)19-10-7-17-29-19/h7,10,17-18,20H,3-6,8-9,11-16H2,1-2H3,(H,23,27). The number of nitrogens with zero attached hydrogens (tertiary/aromatic N) is 3. The maximum absolute atomic E-state index is 13.1. The van der Waals surface area contributed by atoms with Crippen LogP contribution in [0.4, 0.5) is 0 Å². The van der Waals surface area contributed by atoms with Gasteiger partial charge in [-0.25, -0.2) is 0 Å². The van der Waals surface area contributed by atoms with E-state index in [9.17, 15) is 9.59 Å². The number of piperazine rings is 1. The van der Waals surface area contributed by atoms with E-state index in [4.69, 9.17) is 0 Å². The normalized spacial score (nSPS) is 19.6. The summed E-state index contributed by atoms with van der Waals surface area (Å²) >= 11 is 1.50. The molecule has 0 bridgehead atoms. The van der Waals surface area contributed by atoms with E-state index in [1.54, 1.807) is 0 Å². The first-order chi connectivity index (χ1) is 14.1. The highest BCUT2D eigenvalue weighted by Gasteiger charge is 2.37. The molecule has 0 aromatic carbocycles. The molecular formula is C22H36N4O2S. The van der Waals surface area contributed by atoms with Crippen LogP contribution in [0.2, 0.25) is 0 Å². The summed E-state index contributed by atoms with van der Waals surface area (Å²) in [6, 6.07) is 3.77. The highest BCUT2D eigenvalue weighted by atomic mass is 32.1.